The molecule has 5 rings (SSSR count). The first-order valence-corrected chi connectivity index (χ1v) is 11.3. The van der Waals surface area contributed by atoms with Crippen LogP contribution in [-0.4, -0.2) is 60.4 Å². The molecule has 2 atom stereocenters. The smallest absolute Gasteiger partial charge is 0.255 e. The van der Waals surface area contributed by atoms with Gasteiger partial charge in [-0.3, -0.25) is 4.79 Å². The van der Waals surface area contributed by atoms with E-state index in [-0.39, 0.29) is 23.9 Å². The number of carbonyl (C=O) groups is 1. The number of fused-ring (bicyclic) bond motifs is 1. The molecule has 0 unspecified atom stereocenters. The van der Waals surface area contributed by atoms with Crippen molar-refractivity contribution in [2.75, 3.05) is 44.5 Å². The minimum Gasteiger partial charge on any atom is -0.493 e. The van der Waals surface area contributed by atoms with Gasteiger partial charge in [-0.15, -0.1) is 0 Å². The number of hydrogen-bond acceptors (Lipinski definition) is 8. The van der Waals surface area contributed by atoms with Crippen molar-refractivity contribution in [3.8, 4) is 17.1 Å². The summed E-state index contributed by atoms with van der Waals surface area (Å²) < 4.78 is 16.9. The van der Waals surface area contributed by atoms with Gasteiger partial charge < -0.3 is 35.6 Å². The number of methoxy groups -OCH3 is 1. The van der Waals surface area contributed by atoms with E-state index in [1.165, 1.54) is 0 Å². The van der Waals surface area contributed by atoms with E-state index >= 15 is 0 Å². The molecule has 2 aliphatic rings. The van der Waals surface area contributed by atoms with Crippen molar-refractivity contribution in [3.63, 3.8) is 0 Å². The fraction of sp³-hybridized carbons (Fsp3) is 0.348. The lowest BCUT2D eigenvalue weighted by atomic mass is 9.91. The average molecular weight is 485 g/mol. The van der Waals surface area contributed by atoms with Crippen molar-refractivity contribution in [3.05, 3.63) is 46.7 Å². The van der Waals surface area contributed by atoms with Crippen LogP contribution in [-0.2, 0) is 9.47 Å². The lowest BCUT2D eigenvalue weighted by Gasteiger charge is -2.29. The molecule has 0 aliphatic carbocycles. The van der Waals surface area contributed by atoms with E-state index in [0.29, 0.717) is 71.9 Å². The fourth-order valence-corrected chi connectivity index (χ4v) is 4.69. The number of H-pyrrole nitrogens is 1. The molecule has 11 heteroatoms. The third kappa shape index (κ3) is 4.27. The predicted molar refractivity (Wildman–Crippen MR) is 128 cm³/mol. The van der Waals surface area contributed by atoms with Crippen LogP contribution in [0.25, 0.3) is 11.4 Å². The highest BCUT2D eigenvalue weighted by molar-refractivity contribution is 6.32. The number of anilines is 3. The number of aromatic nitrogens is 3. The summed E-state index contributed by atoms with van der Waals surface area (Å²) in [6.45, 7) is 2.17. The number of amides is 1. The molecule has 1 aromatic carbocycles. The Balaban J connectivity index is 1.62. The number of para-hydroxylation sites is 1. The van der Waals surface area contributed by atoms with Crippen LogP contribution < -0.4 is 21.1 Å². The van der Waals surface area contributed by atoms with Crippen molar-refractivity contribution in [2.45, 2.75) is 18.4 Å². The molecule has 1 amide bonds. The van der Waals surface area contributed by atoms with E-state index in [0.717, 1.165) is 5.69 Å². The van der Waals surface area contributed by atoms with Crippen LogP contribution in [0, 0.1) is 0 Å². The molecule has 2 aromatic heterocycles. The lowest BCUT2D eigenvalue weighted by Crippen LogP contribution is -2.38. The number of rotatable bonds is 6. The number of nitrogens with one attached hydrogen (secondary N) is 3. The quantitative estimate of drug-likeness (QED) is 0.419. The van der Waals surface area contributed by atoms with E-state index in [2.05, 4.69) is 25.6 Å². The number of benzene rings is 1. The molecule has 1 saturated heterocycles. The van der Waals surface area contributed by atoms with Crippen LogP contribution in [0.4, 0.5) is 17.3 Å². The Morgan fingerprint density at radius 2 is 2.21 bits per heavy atom. The van der Waals surface area contributed by atoms with Gasteiger partial charge in [-0.1, -0.05) is 17.7 Å². The van der Waals surface area contributed by atoms with Crippen LogP contribution in [0.2, 0.25) is 5.02 Å². The first-order chi connectivity index (χ1) is 16.5. The maximum absolute atomic E-state index is 13.1. The minimum atomic E-state index is -0.194. The molecule has 0 radical (unpaired) electrons. The average Bonchev–Trinajstić information content (AvgIpc) is 3.22. The summed E-state index contributed by atoms with van der Waals surface area (Å²) in [6.07, 6.45) is 2.22. The summed E-state index contributed by atoms with van der Waals surface area (Å²) in [4.78, 5) is 24.9. The molecule has 3 aromatic rings. The number of nitrogens with zero attached hydrogens (tertiary/aromatic N) is 2. The van der Waals surface area contributed by atoms with E-state index in [1.54, 1.807) is 31.5 Å². The zero-order chi connectivity index (χ0) is 23.7. The van der Waals surface area contributed by atoms with Gasteiger partial charge >= 0.3 is 0 Å². The Labute approximate surface area is 201 Å². The molecule has 1 fully saturated rings. The van der Waals surface area contributed by atoms with Crippen molar-refractivity contribution in [1.82, 2.24) is 20.3 Å². The Hall–Kier alpha value is -3.34. The molecule has 10 nitrogen and oxygen atoms in total. The van der Waals surface area contributed by atoms with Gasteiger partial charge in [0, 0.05) is 24.4 Å². The topological polar surface area (TPSA) is 136 Å². The molecular weight excluding hydrogens is 460 g/mol. The largest absolute Gasteiger partial charge is 0.493 e. The predicted octanol–water partition coefficient (Wildman–Crippen LogP) is 3.09. The fourth-order valence-electron chi connectivity index (χ4n) is 4.44. The van der Waals surface area contributed by atoms with Gasteiger partial charge in [0.2, 0.25) is 5.95 Å². The van der Waals surface area contributed by atoms with E-state index < -0.39 is 0 Å². The normalized spacial score (nSPS) is 19.9. The summed E-state index contributed by atoms with van der Waals surface area (Å²) >= 11 is 6.34. The lowest BCUT2D eigenvalue weighted by molar-refractivity contribution is -0.0928. The molecule has 0 spiro atoms. The minimum absolute atomic E-state index is 0.00542. The van der Waals surface area contributed by atoms with Gasteiger partial charge in [0.1, 0.15) is 0 Å². The molecule has 0 bridgehead atoms. The molecule has 2 aliphatic heterocycles. The summed E-state index contributed by atoms with van der Waals surface area (Å²) in [5.74, 6) is 0.395. The second kappa shape index (κ2) is 9.49. The number of nitrogens with two attached hydrogens (primary N) is 1. The molecular formula is C23H25ClN6O4. The molecule has 0 saturated carbocycles. The Bertz CT molecular complexity index is 1210. The van der Waals surface area contributed by atoms with Crippen LogP contribution in [0.15, 0.2) is 30.5 Å². The van der Waals surface area contributed by atoms with Gasteiger partial charge in [-0.05, 0) is 24.6 Å². The van der Waals surface area contributed by atoms with Gasteiger partial charge in [0.05, 0.1) is 66.4 Å². The van der Waals surface area contributed by atoms with Gasteiger partial charge in [0.25, 0.3) is 5.91 Å². The van der Waals surface area contributed by atoms with E-state index in [1.807, 2.05) is 6.07 Å². The summed E-state index contributed by atoms with van der Waals surface area (Å²) in [5.41, 5.74) is 9.49. The summed E-state index contributed by atoms with van der Waals surface area (Å²) in [5, 5.41) is 6.81. The highest BCUT2D eigenvalue weighted by atomic mass is 35.5. The number of aromatic amines is 1. The van der Waals surface area contributed by atoms with Gasteiger partial charge in [0.15, 0.2) is 5.75 Å². The number of ether oxygens (including phenoxy) is 3. The van der Waals surface area contributed by atoms with Gasteiger partial charge in [-0.2, -0.15) is 0 Å². The number of hydrogen-bond donors (Lipinski definition) is 4. The molecule has 4 heterocycles. The highest BCUT2D eigenvalue weighted by Gasteiger charge is 2.35. The first-order valence-electron chi connectivity index (χ1n) is 11.0. The standard InChI is InChI=1S/C23H25ClN6O4/c1-32-21-14(24)3-2-4-16(21)28-20-17-18(30-19(20)15-5-6-26-23(25)29-15)12(10-27-22(17)31)9-13-11-33-7-8-34-13/h2-6,12-13,28,30H,7-11H2,1H3,(H,27,31)(H2,25,26,29)/t12-,13+/m0/s1. The molecule has 178 valence electrons. The number of halogens is 1. The summed E-state index contributed by atoms with van der Waals surface area (Å²) in [6, 6.07) is 7.10. The van der Waals surface area contributed by atoms with Crippen molar-refractivity contribution >= 4 is 34.8 Å². The van der Waals surface area contributed by atoms with Crippen LogP contribution in [0.1, 0.15) is 28.4 Å². The van der Waals surface area contributed by atoms with E-state index in [4.69, 9.17) is 31.5 Å². The van der Waals surface area contributed by atoms with Crippen LogP contribution in [0.5, 0.6) is 5.75 Å². The summed E-state index contributed by atoms with van der Waals surface area (Å²) in [7, 11) is 1.54. The second-order valence-corrected chi connectivity index (χ2v) is 8.53. The Morgan fingerprint density at radius 1 is 1.32 bits per heavy atom. The zero-order valence-corrected chi connectivity index (χ0v) is 19.3. The maximum Gasteiger partial charge on any atom is 0.255 e. The Morgan fingerprint density at radius 3 is 2.97 bits per heavy atom. The third-order valence-corrected chi connectivity index (χ3v) is 6.26. The first kappa shape index (κ1) is 22.5. The number of nitrogen functional groups attached to an aromatic ring is 1. The Kier molecular flexibility index (Phi) is 6.27. The highest BCUT2D eigenvalue weighted by Crippen LogP contribution is 2.43. The monoisotopic (exact) mass is 484 g/mol. The van der Waals surface area contributed by atoms with Crippen LogP contribution in [0.3, 0.4) is 0 Å². The van der Waals surface area contributed by atoms with Gasteiger partial charge in [-0.25, -0.2) is 9.97 Å². The molecule has 34 heavy (non-hydrogen) atoms. The SMILES string of the molecule is COc1c(Cl)cccc1Nc1c(-c2ccnc(N)n2)[nH]c2c1C(=O)NC[C@@H]2C[C@@H]1COCCO1. The van der Waals surface area contributed by atoms with Crippen molar-refractivity contribution < 1.29 is 19.0 Å². The molecule has 5 N–H and O–H groups in total. The van der Waals surface area contributed by atoms with E-state index in [9.17, 15) is 4.79 Å². The van der Waals surface area contributed by atoms with Crippen molar-refractivity contribution in [1.29, 1.82) is 0 Å². The van der Waals surface area contributed by atoms with Crippen LogP contribution >= 0.6 is 11.6 Å². The van der Waals surface area contributed by atoms with Crippen molar-refractivity contribution in [2.24, 2.45) is 0 Å². The zero-order valence-electron chi connectivity index (χ0n) is 18.6. The number of carbonyl (C=O) groups excluding carboxylic acids is 1. The maximum atomic E-state index is 13.1. The second-order valence-electron chi connectivity index (χ2n) is 8.12. The third-order valence-electron chi connectivity index (χ3n) is 5.97.